The highest BCUT2D eigenvalue weighted by atomic mass is 15.3. The number of aryl methyl sites for hydroxylation is 1. The van der Waals surface area contributed by atoms with E-state index in [1.165, 1.54) is 12.8 Å². The number of hydrogen-bond donors (Lipinski definition) is 1. The molecule has 25 heavy (non-hydrogen) atoms. The Kier molecular flexibility index (Phi) is 4.81. The van der Waals surface area contributed by atoms with E-state index in [0.717, 1.165) is 62.7 Å². The summed E-state index contributed by atoms with van der Waals surface area (Å²) in [6.07, 6.45) is 11.7. The molecule has 7 heteroatoms. The van der Waals surface area contributed by atoms with Gasteiger partial charge in [-0.3, -0.25) is 0 Å². The summed E-state index contributed by atoms with van der Waals surface area (Å²) in [5, 5.41) is 11.5. The number of hydrogen-bond acceptors (Lipinski definition) is 6. The molecule has 0 radical (unpaired) electrons. The highest BCUT2D eigenvalue weighted by Crippen LogP contribution is 2.30. The first-order valence-corrected chi connectivity index (χ1v) is 9.55. The minimum atomic E-state index is 0.485. The molecule has 2 aromatic heterocycles. The van der Waals surface area contributed by atoms with Crippen LogP contribution in [-0.2, 0) is 6.42 Å². The van der Waals surface area contributed by atoms with E-state index in [4.69, 9.17) is 9.97 Å². The van der Waals surface area contributed by atoms with Gasteiger partial charge in [-0.1, -0.05) is 6.92 Å². The molecule has 0 amide bonds. The molecule has 0 aromatic carbocycles. The van der Waals surface area contributed by atoms with Crippen molar-refractivity contribution in [1.29, 1.82) is 0 Å². The summed E-state index contributed by atoms with van der Waals surface area (Å²) in [4.78, 5) is 11.8. The van der Waals surface area contributed by atoms with Gasteiger partial charge in [0.25, 0.3) is 0 Å². The Hall–Kier alpha value is -2.18. The van der Waals surface area contributed by atoms with Crippen LogP contribution in [0, 0.1) is 0 Å². The molecule has 0 bridgehead atoms. The fourth-order valence-electron chi connectivity index (χ4n) is 3.92. The predicted molar refractivity (Wildman–Crippen MR) is 97.8 cm³/mol. The molecule has 4 rings (SSSR count). The van der Waals surface area contributed by atoms with Crippen LogP contribution in [0.5, 0.6) is 0 Å². The van der Waals surface area contributed by atoms with Crippen molar-refractivity contribution in [2.75, 3.05) is 23.3 Å². The molecule has 1 aliphatic carbocycles. The van der Waals surface area contributed by atoms with E-state index in [9.17, 15) is 0 Å². The van der Waals surface area contributed by atoms with E-state index in [2.05, 4.69) is 38.0 Å². The van der Waals surface area contributed by atoms with Crippen molar-refractivity contribution in [1.82, 2.24) is 24.7 Å². The van der Waals surface area contributed by atoms with Gasteiger partial charge in [0.05, 0.1) is 0 Å². The molecular formula is C18H27N7. The van der Waals surface area contributed by atoms with Crippen molar-refractivity contribution in [2.45, 2.75) is 64.0 Å². The summed E-state index contributed by atoms with van der Waals surface area (Å²) in [6.45, 7) is 4.32. The molecule has 1 N–H and O–H groups in total. The summed E-state index contributed by atoms with van der Waals surface area (Å²) in [6, 6.07) is 3.13. The molecular weight excluding hydrogens is 314 g/mol. The lowest BCUT2D eigenvalue weighted by molar-refractivity contribution is 0.333. The number of anilines is 2. The van der Waals surface area contributed by atoms with Crippen LogP contribution in [0.1, 0.15) is 57.2 Å². The van der Waals surface area contributed by atoms with Gasteiger partial charge in [-0.05, 0) is 44.9 Å². The predicted octanol–water partition coefficient (Wildman–Crippen LogP) is 2.83. The average Bonchev–Trinajstić information content (AvgIpc) is 3.36. The van der Waals surface area contributed by atoms with Gasteiger partial charge in [0.15, 0.2) is 0 Å². The highest BCUT2D eigenvalue weighted by molar-refractivity contribution is 5.45. The molecule has 1 aliphatic heterocycles. The van der Waals surface area contributed by atoms with Crippen LogP contribution in [-0.4, -0.2) is 43.9 Å². The Labute approximate surface area is 148 Å². The third-order valence-electron chi connectivity index (χ3n) is 5.43. The molecule has 1 saturated heterocycles. The maximum atomic E-state index is 4.80. The third kappa shape index (κ3) is 3.75. The molecule has 3 heterocycles. The van der Waals surface area contributed by atoms with Gasteiger partial charge in [-0.2, -0.15) is 4.98 Å². The van der Waals surface area contributed by atoms with Crippen molar-refractivity contribution in [3.05, 3.63) is 24.4 Å². The van der Waals surface area contributed by atoms with E-state index in [0.29, 0.717) is 12.1 Å². The minimum absolute atomic E-state index is 0.485. The van der Waals surface area contributed by atoms with Crippen molar-refractivity contribution >= 4 is 11.8 Å². The normalized spacial score (nSPS) is 23.8. The second-order valence-electron chi connectivity index (χ2n) is 7.15. The topological polar surface area (TPSA) is 71.8 Å². The molecule has 0 atom stereocenters. The molecule has 1 saturated carbocycles. The Morgan fingerprint density at radius 3 is 2.44 bits per heavy atom. The second kappa shape index (κ2) is 7.37. The van der Waals surface area contributed by atoms with Crippen molar-refractivity contribution < 1.29 is 0 Å². The van der Waals surface area contributed by atoms with E-state index in [1.54, 1.807) is 0 Å². The standard InChI is InChI=1S/C18H27N7/c1-2-14-11-17(23-18(22-14)24-9-3-4-10-24)21-15-5-7-16(8-6-15)25-12-19-20-13-25/h11-13,15-16H,2-10H2,1H3,(H,21,22,23). The summed E-state index contributed by atoms with van der Waals surface area (Å²) in [7, 11) is 0. The van der Waals surface area contributed by atoms with E-state index >= 15 is 0 Å². The summed E-state index contributed by atoms with van der Waals surface area (Å²) in [5.74, 6) is 1.89. The fraction of sp³-hybridized carbons (Fsp3) is 0.667. The number of rotatable bonds is 5. The molecule has 0 unspecified atom stereocenters. The van der Waals surface area contributed by atoms with Crippen LogP contribution in [0.2, 0.25) is 0 Å². The SMILES string of the molecule is CCc1cc(NC2CCC(n3cnnc3)CC2)nc(N2CCCC2)n1. The highest BCUT2D eigenvalue weighted by Gasteiger charge is 2.23. The summed E-state index contributed by atoms with van der Waals surface area (Å²) >= 11 is 0. The lowest BCUT2D eigenvalue weighted by Gasteiger charge is -2.30. The van der Waals surface area contributed by atoms with E-state index in [-0.39, 0.29) is 0 Å². The molecule has 0 spiro atoms. The molecule has 2 fully saturated rings. The van der Waals surface area contributed by atoms with Crippen molar-refractivity contribution in [3.8, 4) is 0 Å². The second-order valence-corrected chi connectivity index (χ2v) is 7.15. The average molecular weight is 341 g/mol. The lowest BCUT2D eigenvalue weighted by atomic mass is 9.91. The monoisotopic (exact) mass is 341 g/mol. The van der Waals surface area contributed by atoms with Crippen LogP contribution in [0.3, 0.4) is 0 Å². The van der Waals surface area contributed by atoms with E-state index < -0.39 is 0 Å². The number of nitrogens with one attached hydrogen (secondary N) is 1. The summed E-state index contributed by atoms with van der Waals surface area (Å²) < 4.78 is 2.14. The van der Waals surface area contributed by atoms with Crippen LogP contribution in [0.25, 0.3) is 0 Å². The van der Waals surface area contributed by atoms with Gasteiger partial charge in [-0.25, -0.2) is 4.98 Å². The zero-order valence-corrected chi connectivity index (χ0v) is 14.9. The minimum Gasteiger partial charge on any atom is -0.367 e. The Balaban J connectivity index is 1.41. The molecule has 7 nitrogen and oxygen atoms in total. The molecule has 134 valence electrons. The zero-order chi connectivity index (χ0) is 17.1. The smallest absolute Gasteiger partial charge is 0.227 e. The van der Waals surface area contributed by atoms with Crippen molar-refractivity contribution in [2.24, 2.45) is 0 Å². The first kappa shape index (κ1) is 16.3. The first-order valence-electron chi connectivity index (χ1n) is 9.55. The fourth-order valence-corrected chi connectivity index (χ4v) is 3.92. The first-order chi connectivity index (χ1) is 12.3. The maximum absolute atomic E-state index is 4.80. The lowest BCUT2D eigenvalue weighted by Crippen LogP contribution is -2.28. The Bertz CT molecular complexity index is 671. The summed E-state index contributed by atoms with van der Waals surface area (Å²) in [5.41, 5.74) is 1.12. The number of nitrogens with zero attached hydrogens (tertiary/aromatic N) is 6. The van der Waals surface area contributed by atoms with Gasteiger partial charge in [0, 0.05) is 36.9 Å². The molecule has 2 aliphatic rings. The van der Waals surface area contributed by atoms with Gasteiger partial charge in [0.2, 0.25) is 5.95 Å². The van der Waals surface area contributed by atoms with Crippen LogP contribution in [0.4, 0.5) is 11.8 Å². The van der Waals surface area contributed by atoms with Crippen molar-refractivity contribution in [3.63, 3.8) is 0 Å². The molecule has 2 aromatic rings. The van der Waals surface area contributed by atoms with Crippen LogP contribution in [0.15, 0.2) is 18.7 Å². The Morgan fingerprint density at radius 1 is 1.04 bits per heavy atom. The van der Waals surface area contributed by atoms with E-state index in [1.807, 2.05) is 12.7 Å². The third-order valence-corrected chi connectivity index (χ3v) is 5.43. The number of aromatic nitrogens is 5. The Morgan fingerprint density at radius 2 is 1.76 bits per heavy atom. The zero-order valence-electron chi connectivity index (χ0n) is 14.9. The van der Waals surface area contributed by atoms with Crippen LogP contribution < -0.4 is 10.2 Å². The maximum Gasteiger partial charge on any atom is 0.227 e. The van der Waals surface area contributed by atoms with Crippen LogP contribution >= 0.6 is 0 Å². The van der Waals surface area contributed by atoms with Gasteiger partial charge in [0.1, 0.15) is 18.5 Å². The quantitative estimate of drug-likeness (QED) is 0.902. The van der Waals surface area contributed by atoms with Gasteiger partial charge in [-0.15, -0.1) is 10.2 Å². The largest absolute Gasteiger partial charge is 0.367 e. The van der Waals surface area contributed by atoms with Gasteiger partial charge < -0.3 is 14.8 Å². The van der Waals surface area contributed by atoms with Gasteiger partial charge >= 0.3 is 0 Å².